The summed E-state index contributed by atoms with van der Waals surface area (Å²) in [6, 6.07) is 8.79. The Kier molecular flexibility index (Phi) is 4.83. The summed E-state index contributed by atoms with van der Waals surface area (Å²) in [7, 11) is 4.35. The number of aliphatic hydroxyl groups is 1. The van der Waals surface area contributed by atoms with Gasteiger partial charge >= 0.3 is 0 Å². The Morgan fingerprint density at radius 1 is 1.42 bits per heavy atom. The van der Waals surface area contributed by atoms with Gasteiger partial charge in [0.1, 0.15) is 0 Å². The van der Waals surface area contributed by atoms with E-state index >= 15 is 0 Å². The second-order valence-corrected chi connectivity index (χ2v) is 5.65. The maximum Gasteiger partial charge on any atom is 0.0807 e. The second kappa shape index (κ2) is 6.40. The van der Waals surface area contributed by atoms with E-state index in [1.165, 1.54) is 25.1 Å². The minimum Gasteiger partial charge on any atom is -0.388 e. The van der Waals surface area contributed by atoms with E-state index in [0.29, 0.717) is 6.04 Å². The summed E-state index contributed by atoms with van der Waals surface area (Å²) in [6.07, 6.45) is 2.89. The second-order valence-electron chi connectivity index (χ2n) is 5.65. The smallest absolute Gasteiger partial charge is 0.0807 e. The molecule has 0 radical (unpaired) electrons. The third-order valence-electron chi connectivity index (χ3n) is 4.21. The van der Waals surface area contributed by atoms with Crippen LogP contribution < -0.4 is 4.90 Å². The summed E-state index contributed by atoms with van der Waals surface area (Å²) >= 11 is 0. The number of para-hydroxylation sites is 1. The van der Waals surface area contributed by atoms with Gasteiger partial charge in [-0.2, -0.15) is 0 Å². The molecule has 1 saturated heterocycles. The molecule has 0 spiro atoms. The van der Waals surface area contributed by atoms with Crippen LogP contribution in [0.4, 0.5) is 5.69 Å². The molecule has 19 heavy (non-hydrogen) atoms. The molecule has 0 saturated carbocycles. The number of nitrogens with zero attached hydrogens (tertiary/aromatic N) is 2. The molecule has 106 valence electrons. The highest BCUT2D eigenvalue weighted by molar-refractivity contribution is 5.55. The fourth-order valence-corrected chi connectivity index (χ4v) is 2.96. The van der Waals surface area contributed by atoms with Crippen molar-refractivity contribution >= 4 is 5.69 Å². The maximum absolute atomic E-state index is 10.2. The first-order valence-electron chi connectivity index (χ1n) is 7.31. The number of benzene rings is 1. The van der Waals surface area contributed by atoms with Gasteiger partial charge in [-0.05, 0) is 38.9 Å². The van der Waals surface area contributed by atoms with Crippen LogP contribution in [0.5, 0.6) is 0 Å². The lowest BCUT2D eigenvalue weighted by atomic mass is 10.0. The molecule has 0 aliphatic carbocycles. The van der Waals surface area contributed by atoms with Gasteiger partial charge in [0, 0.05) is 30.9 Å². The number of hydrogen-bond acceptors (Lipinski definition) is 3. The lowest BCUT2D eigenvalue weighted by Crippen LogP contribution is -2.45. The highest BCUT2D eigenvalue weighted by Gasteiger charge is 2.23. The molecule has 1 aromatic carbocycles. The standard InChI is InChI=1S/C16H26N2O/c1-4-16(19)14-9-5-6-10-15(14)18(3)13-8-7-11-17(2)12-13/h5-6,9-10,13,16,19H,4,7-8,11-12H2,1-3H3/t13?,16-/m1/s1. The Morgan fingerprint density at radius 2 is 2.16 bits per heavy atom. The molecule has 1 aliphatic heterocycles. The van der Waals surface area contributed by atoms with Crippen molar-refractivity contribution < 1.29 is 5.11 Å². The summed E-state index contributed by atoms with van der Waals surface area (Å²) in [6.45, 7) is 4.33. The fourth-order valence-electron chi connectivity index (χ4n) is 2.96. The minimum absolute atomic E-state index is 0.361. The predicted molar refractivity (Wildman–Crippen MR) is 80.6 cm³/mol. The zero-order valence-electron chi connectivity index (χ0n) is 12.3. The van der Waals surface area contributed by atoms with E-state index in [0.717, 1.165) is 18.5 Å². The average Bonchev–Trinajstić information content (AvgIpc) is 2.45. The Balaban J connectivity index is 2.20. The van der Waals surface area contributed by atoms with Crippen LogP contribution in [0.1, 0.15) is 37.9 Å². The first kappa shape index (κ1) is 14.4. The topological polar surface area (TPSA) is 26.7 Å². The fraction of sp³-hybridized carbons (Fsp3) is 0.625. The van der Waals surface area contributed by atoms with Crippen molar-refractivity contribution in [2.45, 2.75) is 38.3 Å². The molecule has 3 heteroatoms. The monoisotopic (exact) mass is 262 g/mol. The SMILES string of the molecule is CC[C@@H](O)c1ccccc1N(C)C1CCCN(C)C1. The third kappa shape index (κ3) is 3.28. The average molecular weight is 262 g/mol. The van der Waals surface area contributed by atoms with E-state index < -0.39 is 0 Å². The van der Waals surface area contributed by atoms with Crippen LogP contribution in [0, 0.1) is 0 Å². The first-order valence-corrected chi connectivity index (χ1v) is 7.31. The van der Waals surface area contributed by atoms with Crippen LogP contribution in [-0.2, 0) is 0 Å². The van der Waals surface area contributed by atoms with E-state index in [2.05, 4.69) is 36.0 Å². The highest BCUT2D eigenvalue weighted by atomic mass is 16.3. The van der Waals surface area contributed by atoms with Crippen molar-refractivity contribution in [3.63, 3.8) is 0 Å². The number of likely N-dealkylation sites (N-methyl/N-ethyl adjacent to an activating group) is 2. The van der Waals surface area contributed by atoms with Crippen molar-refractivity contribution in [1.29, 1.82) is 0 Å². The normalized spacial score (nSPS) is 22.2. The van der Waals surface area contributed by atoms with Gasteiger partial charge in [0.25, 0.3) is 0 Å². The molecule has 2 atom stereocenters. The number of rotatable bonds is 4. The van der Waals surface area contributed by atoms with Crippen LogP contribution in [0.25, 0.3) is 0 Å². The molecule has 1 heterocycles. The van der Waals surface area contributed by atoms with Gasteiger partial charge in [-0.15, -0.1) is 0 Å². The lowest BCUT2D eigenvalue weighted by Gasteiger charge is -2.38. The number of anilines is 1. The van der Waals surface area contributed by atoms with Crippen molar-refractivity contribution in [1.82, 2.24) is 4.90 Å². The van der Waals surface area contributed by atoms with Gasteiger partial charge in [-0.25, -0.2) is 0 Å². The maximum atomic E-state index is 10.2. The zero-order chi connectivity index (χ0) is 13.8. The van der Waals surface area contributed by atoms with E-state index in [9.17, 15) is 5.11 Å². The Morgan fingerprint density at radius 3 is 2.84 bits per heavy atom. The summed E-state index contributed by atoms with van der Waals surface area (Å²) in [4.78, 5) is 4.74. The van der Waals surface area contributed by atoms with Crippen molar-refractivity contribution in [3.05, 3.63) is 29.8 Å². The van der Waals surface area contributed by atoms with E-state index in [1.54, 1.807) is 0 Å². The molecule has 0 aromatic heterocycles. The summed E-state index contributed by atoms with van der Waals surface area (Å²) in [5, 5.41) is 10.2. The number of hydrogen-bond donors (Lipinski definition) is 1. The molecule has 0 amide bonds. The molecule has 1 aliphatic rings. The Labute approximate surface area is 116 Å². The van der Waals surface area contributed by atoms with E-state index in [-0.39, 0.29) is 6.10 Å². The molecular formula is C16H26N2O. The van der Waals surface area contributed by atoms with Gasteiger partial charge < -0.3 is 14.9 Å². The highest BCUT2D eigenvalue weighted by Crippen LogP contribution is 2.30. The Hall–Kier alpha value is -1.06. The molecule has 1 aromatic rings. The molecule has 0 bridgehead atoms. The third-order valence-corrected chi connectivity index (χ3v) is 4.21. The van der Waals surface area contributed by atoms with Crippen LogP contribution in [-0.4, -0.2) is 43.2 Å². The van der Waals surface area contributed by atoms with Gasteiger partial charge in [-0.3, -0.25) is 0 Å². The zero-order valence-corrected chi connectivity index (χ0v) is 12.3. The Bertz CT molecular complexity index is 407. The van der Waals surface area contributed by atoms with Crippen LogP contribution in [0.3, 0.4) is 0 Å². The van der Waals surface area contributed by atoms with Crippen LogP contribution in [0.2, 0.25) is 0 Å². The molecule has 1 unspecified atom stereocenters. The molecule has 1 fully saturated rings. The largest absolute Gasteiger partial charge is 0.388 e. The van der Waals surface area contributed by atoms with E-state index in [4.69, 9.17) is 0 Å². The first-order chi connectivity index (χ1) is 9.13. The van der Waals surface area contributed by atoms with E-state index in [1.807, 2.05) is 19.1 Å². The molecule has 3 nitrogen and oxygen atoms in total. The number of piperidine rings is 1. The van der Waals surface area contributed by atoms with Crippen LogP contribution in [0.15, 0.2) is 24.3 Å². The van der Waals surface area contributed by atoms with Crippen molar-refractivity contribution in [2.75, 3.05) is 32.1 Å². The van der Waals surface area contributed by atoms with Gasteiger partial charge in [0.05, 0.1) is 6.10 Å². The number of aliphatic hydroxyl groups excluding tert-OH is 1. The van der Waals surface area contributed by atoms with Crippen molar-refractivity contribution in [3.8, 4) is 0 Å². The lowest BCUT2D eigenvalue weighted by molar-refractivity contribution is 0.173. The molecular weight excluding hydrogens is 236 g/mol. The summed E-state index contributed by atoms with van der Waals surface area (Å²) < 4.78 is 0. The molecule has 2 rings (SSSR count). The summed E-state index contributed by atoms with van der Waals surface area (Å²) in [5.74, 6) is 0. The quantitative estimate of drug-likeness (QED) is 0.903. The minimum atomic E-state index is -0.361. The van der Waals surface area contributed by atoms with Gasteiger partial charge in [0.15, 0.2) is 0 Å². The molecule has 1 N–H and O–H groups in total. The number of likely N-dealkylation sites (tertiary alicyclic amines) is 1. The van der Waals surface area contributed by atoms with Crippen LogP contribution >= 0.6 is 0 Å². The van der Waals surface area contributed by atoms with Crippen molar-refractivity contribution in [2.24, 2.45) is 0 Å². The summed E-state index contributed by atoms with van der Waals surface area (Å²) in [5.41, 5.74) is 2.23. The predicted octanol–water partition coefficient (Wildman–Crippen LogP) is 2.66. The van der Waals surface area contributed by atoms with Gasteiger partial charge in [0.2, 0.25) is 0 Å². The van der Waals surface area contributed by atoms with Gasteiger partial charge in [-0.1, -0.05) is 25.1 Å².